The van der Waals surface area contributed by atoms with Crippen molar-refractivity contribution in [3.63, 3.8) is 0 Å². The Morgan fingerprint density at radius 1 is 0.950 bits per heavy atom. The van der Waals surface area contributed by atoms with E-state index in [4.69, 9.17) is 4.74 Å². The van der Waals surface area contributed by atoms with E-state index in [0.29, 0.717) is 16.9 Å². The van der Waals surface area contributed by atoms with Gasteiger partial charge in [0.25, 0.3) is 0 Å². The lowest BCUT2D eigenvalue weighted by Gasteiger charge is -2.15. The average molecular weight is 278 g/mol. The molecule has 0 aliphatic rings. The van der Waals surface area contributed by atoms with Gasteiger partial charge in [0.2, 0.25) is 0 Å². The van der Waals surface area contributed by atoms with Gasteiger partial charge in [-0.3, -0.25) is 0 Å². The van der Waals surface area contributed by atoms with Crippen molar-refractivity contribution in [1.29, 1.82) is 0 Å². The van der Waals surface area contributed by atoms with E-state index in [1.165, 1.54) is 6.07 Å². The zero-order valence-corrected chi connectivity index (χ0v) is 11.3. The number of rotatable bonds is 4. The van der Waals surface area contributed by atoms with Crippen LogP contribution in [0.3, 0.4) is 0 Å². The van der Waals surface area contributed by atoms with Gasteiger partial charge in [-0.25, -0.2) is 8.78 Å². The maximum atomic E-state index is 13.2. The summed E-state index contributed by atoms with van der Waals surface area (Å²) in [6.07, 6.45) is -1.01. The molecule has 0 fully saturated rings. The topological polar surface area (TPSA) is 29.5 Å². The van der Waals surface area contributed by atoms with Crippen molar-refractivity contribution in [3.05, 3.63) is 65.2 Å². The minimum absolute atomic E-state index is 0.0191. The third kappa shape index (κ3) is 3.33. The van der Waals surface area contributed by atoms with Gasteiger partial charge in [-0.2, -0.15) is 0 Å². The van der Waals surface area contributed by atoms with Crippen LogP contribution < -0.4 is 4.74 Å². The fourth-order valence-corrected chi connectivity index (χ4v) is 1.91. The van der Waals surface area contributed by atoms with Crippen LogP contribution in [0.2, 0.25) is 0 Å². The average Bonchev–Trinajstić information content (AvgIpc) is 2.40. The maximum Gasteiger partial charge on any atom is 0.159 e. The highest BCUT2D eigenvalue weighted by molar-refractivity contribution is 5.35. The first-order chi connectivity index (χ1) is 9.47. The van der Waals surface area contributed by atoms with Crippen molar-refractivity contribution in [2.45, 2.75) is 26.1 Å². The molecule has 0 spiro atoms. The van der Waals surface area contributed by atoms with Crippen molar-refractivity contribution in [3.8, 4) is 5.75 Å². The molecule has 0 saturated carbocycles. The molecular weight excluding hydrogens is 262 g/mol. The van der Waals surface area contributed by atoms with Gasteiger partial charge in [-0.1, -0.05) is 18.2 Å². The Labute approximate surface area is 116 Å². The van der Waals surface area contributed by atoms with E-state index in [9.17, 15) is 13.9 Å². The Balaban J connectivity index is 2.28. The number of aliphatic hydroxyl groups excluding tert-OH is 1. The molecule has 1 atom stereocenters. The van der Waals surface area contributed by atoms with Crippen molar-refractivity contribution in [2.24, 2.45) is 0 Å². The molecule has 2 rings (SSSR count). The summed E-state index contributed by atoms with van der Waals surface area (Å²) in [7, 11) is 0. The Morgan fingerprint density at radius 2 is 1.65 bits per heavy atom. The van der Waals surface area contributed by atoms with E-state index < -0.39 is 17.7 Å². The van der Waals surface area contributed by atoms with Gasteiger partial charge in [0.05, 0.1) is 6.10 Å². The number of ether oxygens (including phenoxy) is 1. The van der Waals surface area contributed by atoms with Gasteiger partial charge in [-0.05, 0) is 49.2 Å². The minimum atomic E-state index is -1.03. The van der Waals surface area contributed by atoms with Crippen molar-refractivity contribution >= 4 is 0 Å². The third-order valence-corrected chi connectivity index (χ3v) is 2.81. The van der Waals surface area contributed by atoms with Crippen LogP contribution in [0.25, 0.3) is 0 Å². The molecular formula is C16H16F2O2. The molecule has 0 heterocycles. The SMILES string of the molecule is CC(C)Oc1cccc(C(O)c2ccc(F)c(F)c2)c1. The summed E-state index contributed by atoms with van der Waals surface area (Å²) < 4.78 is 31.6. The molecule has 1 unspecified atom stereocenters. The molecule has 1 N–H and O–H groups in total. The summed E-state index contributed by atoms with van der Waals surface area (Å²) in [6.45, 7) is 3.80. The molecule has 2 aromatic carbocycles. The van der Waals surface area contributed by atoms with Gasteiger partial charge in [0, 0.05) is 0 Å². The fraction of sp³-hybridized carbons (Fsp3) is 0.250. The van der Waals surface area contributed by atoms with Gasteiger partial charge in [0.15, 0.2) is 11.6 Å². The number of halogens is 2. The van der Waals surface area contributed by atoms with E-state index in [-0.39, 0.29) is 6.10 Å². The second-order valence-electron chi connectivity index (χ2n) is 4.82. The van der Waals surface area contributed by atoms with E-state index >= 15 is 0 Å². The summed E-state index contributed by atoms with van der Waals surface area (Å²) in [5.74, 6) is -1.28. The summed E-state index contributed by atoms with van der Waals surface area (Å²) in [5, 5.41) is 10.2. The summed E-state index contributed by atoms with van der Waals surface area (Å²) >= 11 is 0. The van der Waals surface area contributed by atoms with Crippen LogP contribution in [0.15, 0.2) is 42.5 Å². The van der Waals surface area contributed by atoms with Crippen LogP contribution in [0.1, 0.15) is 31.1 Å². The Kier molecular flexibility index (Phi) is 4.35. The van der Waals surface area contributed by atoms with Gasteiger partial charge >= 0.3 is 0 Å². The molecule has 0 aliphatic carbocycles. The molecule has 106 valence electrons. The lowest BCUT2D eigenvalue weighted by molar-refractivity contribution is 0.216. The zero-order valence-electron chi connectivity index (χ0n) is 11.3. The molecule has 4 heteroatoms. The Hall–Kier alpha value is -1.94. The molecule has 2 nitrogen and oxygen atoms in total. The second-order valence-corrected chi connectivity index (χ2v) is 4.82. The van der Waals surface area contributed by atoms with Crippen LogP contribution in [-0.4, -0.2) is 11.2 Å². The molecule has 0 saturated heterocycles. The standard InChI is InChI=1S/C16H16F2O2/c1-10(2)20-13-5-3-4-11(8-13)16(19)12-6-7-14(17)15(18)9-12/h3-10,16,19H,1-2H3. The van der Waals surface area contributed by atoms with Crippen molar-refractivity contribution in [2.75, 3.05) is 0 Å². The number of aliphatic hydroxyl groups is 1. The lowest BCUT2D eigenvalue weighted by Crippen LogP contribution is -2.07. The minimum Gasteiger partial charge on any atom is -0.491 e. The monoisotopic (exact) mass is 278 g/mol. The molecule has 0 amide bonds. The summed E-state index contributed by atoms with van der Waals surface area (Å²) in [6, 6.07) is 10.3. The highest BCUT2D eigenvalue weighted by atomic mass is 19.2. The van der Waals surface area contributed by atoms with Crippen LogP contribution in [-0.2, 0) is 0 Å². The molecule has 20 heavy (non-hydrogen) atoms. The first-order valence-corrected chi connectivity index (χ1v) is 6.37. The predicted molar refractivity (Wildman–Crippen MR) is 72.6 cm³/mol. The fourth-order valence-electron chi connectivity index (χ4n) is 1.91. The van der Waals surface area contributed by atoms with E-state index in [1.54, 1.807) is 24.3 Å². The van der Waals surface area contributed by atoms with E-state index in [2.05, 4.69) is 0 Å². The van der Waals surface area contributed by atoms with Crippen LogP contribution in [0, 0.1) is 11.6 Å². The quantitative estimate of drug-likeness (QED) is 0.921. The lowest BCUT2D eigenvalue weighted by atomic mass is 10.0. The van der Waals surface area contributed by atoms with Crippen LogP contribution in [0.5, 0.6) is 5.75 Å². The van der Waals surface area contributed by atoms with Gasteiger partial charge in [-0.15, -0.1) is 0 Å². The van der Waals surface area contributed by atoms with Crippen molar-refractivity contribution < 1.29 is 18.6 Å². The van der Waals surface area contributed by atoms with E-state index in [0.717, 1.165) is 12.1 Å². The molecule has 0 bridgehead atoms. The smallest absolute Gasteiger partial charge is 0.159 e. The first kappa shape index (κ1) is 14.5. The molecule has 0 aliphatic heterocycles. The first-order valence-electron chi connectivity index (χ1n) is 6.37. The normalized spacial score (nSPS) is 12.5. The molecule has 0 radical (unpaired) electrons. The van der Waals surface area contributed by atoms with Gasteiger partial charge in [0.1, 0.15) is 11.9 Å². The van der Waals surface area contributed by atoms with Crippen molar-refractivity contribution in [1.82, 2.24) is 0 Å². The molecule has 0 aromatic heterocycles. The Morgan fingerprint density at radius 3 is 2.30 bits per heavy atom. The molecule has 2 aromatic rings. The number of benzene rings is 2. The number of hydrogen-bond donors (Lipinski definition) is 1. The zero-order chi connectivity index (χ0) is 14.7. The van der Waals surface area contributed by atoms with Crippen LogP contribution in [0.4, 0.5) is 8.78 Å². The predicted octanol–water partition coefficient (Wildman–Crippen LogP) is 3.83. The highest BCUT2D eigenvalue weighted by Gasteiger charge is 2.14. The maximum absolute atomic E-state index is 13.2. The Bertz CT molecular complexity index is 597. The summed E-state index contributed by atoms with van der Waals surface area (Å²) in [4.78, 5) is 0. The number of hydrogen-bond acceptors (Lipinski definition) is 2. The second kappa shape index (κ2) is 6.01. The van der Waals surface area contributed by atoms with Gasteiger partial charge < -0.3 is 9.84 Å². The highest BCUT2D eigenvalue weighted by Crippen LogP contribution is 2.26. The summed E-state index contributed by atoms with van der Waals surface area (Å²) in [5.41, 5.74) is 0.861. The third-order valence-electron chi connectivity index (χ3n) is 2.81. The van der Waals surface area contributed by atoms with E-state index in [1.807, 2.05) is 13.8 Å². The largest absolute Gasteiger partial charge is 0.491 e. The van der Waals surface area contributed by atoms with Crippen LogP contribution >= 0.6 is 0 Å².